The van der Waals surface area contributed by atoms with Gasteiger partial charge in [-0.2, -0.15) is 0 Å². The predicted octanol–water partition coefficient (Wildman–Crippen LogP) is 5.22. The van der Waals surface area contributed by atoms with Crippen LogP contribution in [0.2, 0.25) is 0 Å². The molecule has 0 spiro atoms. The van der Waals surface area contributed by atoms with E-state index in [9.17, 15) is 4.79 Å². The van der Waals surface area contributed by atoms with Crippen LogP contribution in [-0.4, -0.2) is 53.2 Å². The minimum absolute atomic E-state index is 0.00427. The molecule has 0 atom stereocenters. The first-order valence-electron chi connectivity index (χ1n) is 12.9. The van der Waals surface area contributed by atoms with Gasteiger partial charge in [0.05, 0.1) is 25.2 Å². The zero-order chi connectivity index (χ0) is 25.8. The summed E-state index contributed by atoms with van der Waals surface area (Å²) in [5, 5.41) is 0. The first-order valence-corrected chi connectivity index (χ1v) is 12.9. The van der Waals surface area contributed by atoms with E-state index < -0.39 is 5.41 Å². The maximum Gasteiger partial charge on any atom is 0.305 e. The van der Waals surface area contributed by atoms with Gasteiger partial charge in [-0.25, -0.2) is 0 Å². The molecule has 0 saturated heterocycles. The van der Waals surface area contributed by atoms with Gasteiger partial charge in [-0.1, -0.05) is 48.5 Å². The second-order valence-corrected chi connectivity index (χ2v) is 9.35. The average Bonchev–Trinajstić information content (AvgIpc) is 2.93. The van der Waals surface area contributed by atoms with Gasteiger partial charge >= 0.3 is 5.97 Å². The van der Waals surface area contributed by atoms with Gasteiger partial charge < -0.3 is 23.7 Å². The highest BCUT2D eigenvalue weighted by atomic mass is 16.5. The highest BCUT2D eigenvalue weighted by molar-refractivity contribution is 5.78. The van der Waals surface area contributed by atoms with Crippen molar-refractivity contribution < 1.29 is 28.5 Å². The summed E-state index contributed by atoms with van der Waals surface area (Å²) in [6, 6.07) is 21.1. The SMILES string of the molecule is CCOC(=O)CCC12c3ccccc3C(c3ccccc31)c1c(OCCOC)ccc(OCCOC)c12. The molecule has 0 unspecified atom stereocenters. The number of esters is 1. The highest BCUT2D eigenvalue weighted by Crippen LogP contribution is 2.64. The lowest BCUT2D eigenvalue weighted by Crippen LogP contribution is -2.43. The van der Waals surface area contributed by atoms with Gasteiger partial charge in [0, 0.05) is 37.7 Å². The molecule has 0 N–H and O–H groups in total. The van der Waals surface area contributed by atoms with Crippen LogP contribution in [0.5, 0.6) is 11.5 Å². The first kappa shape index (κ1) is 25.3. The largest absolute Gasteiger partial charge is 0.491 e. The van der Waals surface area contributed by atoms with Gasteiger partial charge in [0.25, 0.3) is 0 Å². The number of benzene rings is 3. The second kappa shape index (κ2) is 11.0. The molecule has 6 rings (SSSR count). The molecule has 0 amide bonds. The third-order valence-electron chi connectivity index (χ3n) is 7.45. The maximum atomic E-state index is 12.7. The summed E-state index contributed by atoms with van der Waals surface area (Å²) >= 11 is 0. The normalized spacial score (nSPS) is 18.5. The van der Waals surface area contributed by atoms with Crippen molar-refractivity contribution in [2.24, 2.45) is 0 Å². The van der Waals surface area contributed by atoms with Crippen molar-refractivity contribution >= 4 is 5.97 Å². The van der Waals surface area contributed by atoms with Gasteiger partial charge in [0.15, 0.2) is 0 Å². The van der Waals surface area contributed by atoms with Crippen LogP contribution in [0.15, 0.2) is 60.7 Å². The molecule has 2 bridgehead atoms. The molecule has 0 fully saturated rings. The molecular formula is C31H34O6. The fraction of sp³-hybridized carbons (Fsp3) is 0.387. The lowest BCUT2D eigenvalue weighted by Gasteiger charge is -2.51. The van der Waals surface area contributed by atoms with Crippen LogP contribution in [0.1, 0.15) is 59.1 Å². The van der Waals surface area contributed by atoms with Crippen LogP contribution in [-0.2, 0) is 24.4 Å². The van der Waals surface area contributed by atoms with E-state index in [1.54, 1.807) is 14.2 Å². The summed E-state index contributed by atoms with van der Waals surface area (Å²) in [7, 11) is 3.34. The van der Waals surface area contributed by atoms with Crippen molar-refractivity contribution in [3.63, 3.8) is 0 Å². The van der Waals surface area contributed by atoms with Crippen LogP contribution in [0, 0.1) is 0 Å². The van der Waals surface area contributed by atoms with E-state index in [-0.39, 0.29) is 18.3 Å². The van der Waals surface area contributed by atoms with Gasteiger partial charge in [-0.3, -0.25) is 4.79 Å². The van der Waals surface area contributed by atoms with Gasteiger partial charge in [-0.15, -0.1) is 0 Å². The smallest absolute Gasteiger partial charge is 0.305 e. The number of carbonyl (C=O) groups excluding carboxylic acids is 1. The molecule has 6 nitrogen and oxygen atoms in total. The van der Waals surface area contributed by atoms with Gasteiger partial charge in [-0.05, 0) is 47.7 Å². The Morgan fingerprint density at radius 3 is 1.95 bits per heavy atom. The monoisotopic (exact) mass is 502 g/mol. The molecule has 0 aromatic heterocycles. The van der Waals surface area contributed by atoms with E-state index in [1.807, 2.05) is 19.1 Å². The van der Waals surface area contributed by atoms with Crippen molar-refractivity contribution in [3.05, 3.63) is 94.0 Å². The summed E-state index contributed by atoms with van der Waals surface area (Å²) in [6.07, 6.45) is 0.842. The van der Waals surface area contributed by atoms with Crippen LogP contribution < -0.4 is 9.47 Å². The quantitative estimate of drug-likeness (QED) is 0.250. The van der Waals surface area contributed by atoms with E-state index in [4.69, 9.17) is 23.7 Å². The Labute approximate surface area is 218 Å². The summed E-state index contributed by atoms with van der Waals surface area (Å²) in [6.45, 7) is 4.04. The van der Waals surface area contributed by atoms with Crippen molar-refractivity contribution in [1.82, 2.24) is 0 Å². The zero-order valence-corrected chi connectivity index (χ0v) is 21.8. The number of ether oxygens (including phenoxy) is 5. The molecule has 3 aliphatic carbocycles. The highest BCUT2D eigenvalue weighted by Gasteiger charge is 2.54. The third kappa shape index (κ3) is 4.28. The fourth-order valence-electron chi connectivity index (χ4n) is 6.11. The van der Waals surface area contributed by atoms with E-state index in [1.165, 1.54) is 22.3 Å². The summed E-state index contributed by atoms with van der Waals surface area (Å²) in [5.74, 6) is 1.41. The van der Waals surface area contributed by atoms with E-state index in [0.29, 0.717) is 39.5 Å². The minimum atomic E-state index is -0.590. The minimum Gasteiger partial charge on any atom is -0.491 e. The van der Waals surface area contributed by atoms with Crippen molar-refractivity contribution in [1.29, 1.82) is 0 Å². The second-order valence-electron chi connectivity index (χ2n) is 9.35. The molecule has 3 aromatic carbocycles. The molecule has 3 aromatic rings. The topological polar surface area (TPSA) is 63.2 Å². The Hall–Kier alpha value is -3.35. The third-order valence-corrected chi connectivity index (χ3v) is 7.45. The number of hydrogen-bond donors (Lipinski definition) is 0. The Kier molecular flexibility index (Phi) is 7.49. The Morgan fingerprint density at radius 1 is 0.784 bits per heavy atom. The molecule has 37 heavy (non-hydrogen) atoms. The number of hydrogen-bond acceptors (Lipinski definition) is 6. The predicted molar refractivity (Wildman–Crippen MR) is 141 cm³/mol. The van der Waals surface area contributed by atoms with Crippen molar-refractivity contribution in [2.45, 2.75) is 31.1 Å². The summed E-state index contributed by atoms with van der Waals surface area (Å²) in [5.41, 5.74) is 6.48. The Balaban J connectivity index is 1.77. The van der Waals surface area contributed by atoms with Crippen LogP contribution in [0.3, 0.4) is 0 Å². The van der Waals surface area contributed by atoms with E-state index in [0.717, 1.165) is 22.6 Å². The molecule has 0 radical (unpaired) electrons. The van der Waals surface area contributed by atoms with Crippen LogP contribution in [0.25, 0.3) is 0 Å². The van der Waals surface area contributed by atoms with E-state index >= 15 is 0 Å². The summed E-state index contributed by atoms with van der Waals surface area (Å²) < 4.78 is 28.6. The fourth-order valence-corrected chi connectivity index (χ4v) is 6.11. The zero-order valence-electron chi connectivity index (χ0n) is 21.8. The van der Waals surface area contributed by atoms with Crippen molar-refractivity contribution in [2.75, 3.05) is 47.3 Å². The number of carbonyl (C=O) groups is 1. The molecule has 0 saturated carbocycles. The van der Waals surface area contributed by atoms with Crippen LogP contribution >= 0.6 is 0 Å². The Bertz CT molecular complexity index is 1220. The van der Waals surface area contributed by atoms with Crippen LogP contribution in [0.4, 0.5) is 0 Å². The molecule has 194 valence electrons. The number of methoxy groups -OCH3 is 2. The summed E-state index contributed by atoms with van der Waals surface area (Å²) in [4.78, 5) is 12.7. The maximum absolute atomic E-state index is 12.7. The van der Waals surface area contributed by atoms with E-state index in [2.05, 4.69) is 48.5 Å². The Morgan fingerprint density at radius 2 is 1.35 bits per heavy atom. The molecule has 0 aliphatic heterocycles. The first-order chi connectivity index (χ1) is 18.2. The molecular weight excluding hydrogens is 468 g/mol. The van der Waals surface area contributed by atoms with Gasteiger partial charge in [0.1, 0.15) is 24.7 Å². The lowest BCUT2D eigenvalue weighted by molar-refractivity contribution is -0.143. The molecule has 3 aliphatic rings. The van der Waals surface area contributed by atoms with Gasteiger partial charge in [0.2, 0.25) is 0 Å². The molecule has 6 heteroatoms. The standard InChI is InChI=1S/C31H34O6/c1-4-35-27(32)15-16-31-23-11-7-5-9-21(23)28(22-10-6-8-12-24(22)31)29-25(36-19-17-33-2)13-14-26(30(29)31)37-20-18-34-3/h5-14,28H,4,15-20H2,1-3H3. The number of rotatable bonds is 12. The molecule has 0 heterocycles. The average molecular weight is 503 g/mol. The van der Waals surface area contributed by atoms with Crippen molar-refractivity contribution in [3.8, 4) is 11.5 Å². The lowest BCUT2D eigenvalue weighted by atomic mass is 9.51.